The third-order valence-corrected chi connectivity index (χ3v) is 7.50. The summed E-state index contributed by atoms with van der Waals surface area (Å²) >= 11 is 4.35. The number of carbonyl (C=O) groups excluding carboxylic acids is 1. The maximum Gasteiger partial charge on any atom is 0.253 e. The van der Waals surface area contributed by atoms with E-state index in [0.29, 0.717) is 4.47 Å². The Morgan fingerprint density at radius 3 is 2.63 bits per heavy atom. The number of rotatable bonds is 4. The second kappa shape index (κ2) is 5.90. The van der Waals surface area contributed by atoms with Crippen LogP contribution >= 0.6 is 27.3 Å². The van der Waals surface area contributed by atoms with E-state index in [2.05, 4.69) is 15.9 Å². The fourth-order valence-electron chi connectivity index (χ4n) is 1.95. The van der Waals surface area contributed by atoms with E-state index in [-0.39, 0.29) is 16.7 Å². The molecule has 1 aromatic heterocycles. The summed E-state index contributed by atoms with van der Waals surface area (Å²) in [5.41, 5.74) is 0. The quantitative estimate of drug-likeness (QED) is 0.815. The van der Waals surface area contributed by atoms with Crippen molar-refractivity contribution in [1.29, 1.82) is 0 Å². The molecule has 0 unspecified atom stereocenters. The normalized spacial score (nSPS) is 16.3. The SMILES string of the molecule is CN(CC(=O)N1CCCC1)S(=O)(=O)c1sccc1Br. The van der Waals surface area contributed by atoms with E-state index in [1.165, 1.54) is 7.05 Å². The van der Waals surface area contributed by atoms with E-state index < -0.39 is 10.0 Å². The Balaban J connectivity index is 2.09. The number of carbonyl (C=O) groups is 1. The Kier molecular flexibility index (Phi) is 4.65. The lowest BCUT2D eigenvalue weighted by molar-refractivity contribution is -0.130. The van der Waals surface area contributed by atoms with Gasteiger partial charge in [0.05, 0.1) is 6.54 Å². The first-order valence-corrected chi connectivity index (χ1v) is 9.01. The topological polar surface area (TPSA) is 57.7 Å². The van der Waals surface area contributed by atoms with Crippen LogP contribution in [0.4, 0.5) is 0 Å². The molecule has 0 aliphatic carbocycles. The summed E-state index contributed by atoms with van der Waals surface area (Å²) in [7, 11) is -2.15. The van der Waals surface area contributed by atoms with E-state index in [1.54, 1.807) is 16.3 Å². The molecule has 106 valence electrons. The molecule has 1 aliphatic heterocycles. The van der Waals surface area contributed by atoms with E-state index in [0.717, 1.165) is 41.6 Å². The summed E-state index contributed by atoms with van der Waals surface area (Å²) in [6, 6.07) is 1.69. The molecule has 1 aliphatic rings. The van der Waals surface area contributed by atoms with Crippen molar-refractivity contribution in [2.24, 2.45) is 0 Å². The van der Waals surface area contributed by atoms with Gasteiger partial charge in [-0.15, -0.1) is 11.3 Å². The number of sulfonamides is 1. The summed E-state index contributed by atoms with van der Waals surface area (Å²) in [5.74, 6) is -0.128. The van der Waals surface area contributed by atoms with E-state index in [4.69, 9.17) is 0 Å². The summed E-state index contributed by atoms with van der Waals surface area (Å²) in [6.07, 6.45) is 2.00. The molecule has 1 saturated heterocycles. The second-order valence-corrected chi connectivity index (χ2v) is 8.42. The van der Waals surface area contributed by atoms with Crippen LogP contribution in [0.2, 0.25) is 0 Å². The van der Waals surface area contributed by atoms with Crippen molar-refractivity contribution in [2.75, 3.05) is 26.7 Å². The molecule has 2 rings (SSSR count). The van der Waals surface area contributed by atoms with E-state index >= 15 is 0 Å². The third kappa shape index (κ3) is 3.18. The minimum Gasteiger partial charge on any atom is -0.342 e. The summed E-state index contributed by atoms with van der Waals surface area (Å²) in [4.78, 5) is 13.7. The molecule has 0 radical (unpaired) electrons. The molecule has 1 amide bonds. The molecule has 0 bridgehead atoms. The molecular formula is C11H15BrN2O3S2. The summed E-state index contributed by atoms with van der Waals surface area (Å²) < 4.78 is 26.5. The molecule has 8 heteroatoms. The van der Waals surface area contributed by atoms with Gasteiger partial charge in [0.2, 0.25) is 5.91 Å². The molecule has 0 aromatic carbocycles. The average Bonchev–Trinajstić information content (AvgIpc) is 2.98. The largest absolute Gasteiger partial charge is 0.342 e. The van der Waals surface area contributed by atoms with Crippen molar-refractivity contribution in [3.05, 3.63) is 15.9 Å². The van der Waals surface area contributed by atoms with Crippen LogP contribution < -0.4 is 0 Å². The van der Waals surface area contributed by atoms with Crippen molar-refractivity contribution in [1.82, 2.24) is 9.21 Å². The predicted octanol–water partition coefficient (Wildman–Crippen LogP) is 1.75. The van der Waals surface area contributed by atoms with Gasteiger partial charge in [0.15, 0.2) is 0 Å². The first-order chi connectivity index (χ1) is 8.93. The van der Waals surface area contributed by atoms with Gasteiger partial charge in [-0.1, -0.05) is 0 Å². The van der Waals surface area contributed by atoms with Crippen LogP contribution in [0.1, 0.15) is 12.8 Å². The van der Waals surface area contributed by atoms with Crippen LogP contribution in [0.3, 0.4) is 0 Å². The highest BCUT2D eigenvalue weighted by atomic mass is 79.9. The average molecular weight is 367 g/mol. The van der Waals surface area contributed by atoms with Crippen molar-refractivity contribution in [3.8, 4) is 0 Å². The highest BCUT2D eigenvalue weighted by molar-refractivity contribution is 9.10. The maximum atomic E-state index is 12.3. The van der Waals surface area contributed by atoms with Crippen LogP contribution in [-0.2, 0) is 14.8 Å². The lowest BCUT2D eigenvalue weighted by Crippen LogP contribution is -2.39. The number of likely N-dealkylation sites (N-methyl/N-ethyl adjacent to an activating group) is 1. The fraction of sp³-hybridized carbons (Fsp3) is 0.545. The zero-order valence-electron chi connectivity index (χ0n) is 10.5. The third-order valence-electron chi connectivity index (χ3n) is 3.05. The number of hydrogen-bond acceptors (Lipinski definition) is 4. The Bertz CT molecular complexity index is 564. The predicted molar refractivity (Wildman–Crippen MR) is 77.6 cm³/mol. The van der Waals surface area contributed by atoms with Gasteiger partial charge in [0, 0.05) is 24.6 Å². The highest BCUT2D eigenvalue weighted by Crippen LogP contribution is 2.29. The van der Waals surface area contributed by atoms with E-state index in [1.807, 2.05) is 0 Å². The molecule has 19 heavy (non-hydrogen) atoms. The van der Waals surface area contributed by atoms with Crippen molar-refractivity contribution < 1.29 is 13.2 Å². The monoisotopic (exact) mass is 366 g/mol. The van der Waals surface area contributed by atoms with Crippen LogP contribution in [0.25, 0.3) is 0 Å². The van der Waals surface area contributed by atoms with Crippen LogP contribution in [0, 0.1) is 0 Å². The fourth-order valence-corrected chi connectivity index (χ4v) is 5.57. The van der Waals surface area contributed by atoms with Crippen LogP contribution in [0.5, 0.6) is 0 Å². The molecule has 2 heterocycles. The molecule has 0 saturated carbocycles. The van der Waals surface area contributed by atoms with Gasteiger partial charge < -0.3 is 4.90 Å². The Morgan fingerprint density at radius 1 is 1.47 bits per heavy atom. The molecule has 5 nitrogen and oxygen atoms in total. The lowest BCUT2D eigenvalue weighted by atomic mass is 10.4. The lowest BCUT2D eigenvalue weighted by Gasteiger charge is -2.20. The first kappa shape index (κ1) is 15.0. The minimum atomic E-state index is -3.59. The summed E-state index contributed by atoms with van der Waals surface area (Å²) in [5, 5.41) is 1.70. The summed E-state index contributed by atoms with van der Waals surface area (Å²) in [6.45, 7) is 1.36. The number of thiophene rings is 1. The minimum absolute atomic E-state index is 0.104. The Labute approximate surface area is 125 Å². The molecule has 1 fully saturated rings. The molecule has 0 N–H and O–H groups in total. The van der Waals surface area contributed by atoms with Crippen molar-refractivity contribution in [3.63, 3.8) is 0 Å². The van der Waals surface area contributed by atoms with Gasteiger partial charge in [-0.25, -0.2) is 8.42 Å². The molecule has 0 spiro atoms. The molecule has 1 aromatic rings. The Hall–Kier alpha value is -0.440. The van der Waals surface area contributed by atoms with Gasteiger partial charge in [-0.05, 0) is 40.2 Å². The van der Waals surface area contributed by atoms with E-state index in [9.17, 15) is 13.2 Å². The number of nitrogens with zero attached hydrogens (tertiary/aromatic N) is 2. The van der Waals surface area contributed by atoms with Gasteiger partial charge in [0.25, 0.3) is 10.0 Å². The smallest absolute Gasteiger partial charge is 0.253 e. The maximum absolute atomic E-state index is 12.3. The van der Waals surface area contributed by atoms with Crippen molar-refractivity contribution >= 4 is 43.2 Å². The number of amides is 1. The Morgan fingerprint density at radius 2 is 2.11 bits per heavy atom. The second-order valence-electron chi connectivity index (χ2n) is 4.40. The van der Waals surface area contributed by atoms with Gasteiger partial charge in [-0.2, -0.15) is 4.31 Å². The number of likely N-dealkylation sites (tertiary alicyclic amines) is 1. The van der Waals surface area contributed by atoms with Crippen LogP contribution in [-0.4, -0.2) is 50.2 Å². The van der Waals surface area contributed by atoms with Gasteiger partial charge >= 0.3 is 0 Å². The first-order valence-electron chi connectivity index (χ1n) is 5.90. The highest BCUT2D eigenvalue weighted by Gasteiger charge is 2.28. The van der Waals surface area contributed by atoms with Crippen LogP contribution in [0.15, 0.2) is 20.1 Å². The number of halogens is 1. The van der Waals surface area contributed by atoms with Crippen molar-refractivity contribution in [2.45, 2.75) is 17.1 Å². The standard InChI is InChI=1S/C11H15BrN2O3S2/c1-13(8-10(15)14-5-2-3-6-14)19(16,17)11-9(12)4-7-18-11/h4,7H,2-3,5-6,8H2,1H3. The number of hydrogen-bond donors (Lipinski definition) is 0. The van der Waals surface area contributed by atoms with Gasteiger partial charge in [-0.3, -0.25) is 4.79 Å². The molecule has 0 atom stereocenters. The molecular weight excluding hydrogens is 352 g/mol. The van der Waals surface area contributed by atoms with Gasteiger partial charge in [0.1, 0.15) is 4.21 Å². The zero-order chi connectivity index (χ0) is 14.0. The zero-order valence-corrected chi connectivity index (χ0v) is 13.7.